The normalized spacial score (nSPS) is 11.3. The number of anilines is 1. The third kappa shape index (κ3) is 4.02. The first-order valence-electron chi connectivity index (χ1n) is 9.01. The molecule has 7 nitrogen and oxygen atoms in total. The lowest BCUT2D eigenvalue weighted by atomic mass is 10.2. The summed E-state index contributed by atoms with van der Waals surface area (Å²) >= 11 is 0. The minimum absolute atomic E-state index is 0.169. The number of hydrogen-bond donors (Lipinski definition) is 0. The highest BCUT2D eigenvalue weighted by atomic mass is 32.2. The third-order valence-electron chi connectivity index (χ3n) is 4.48. The Morgan fingerprint density at radius 1 is 0.931 bits per heavy atom. The van der Waals surface area contributed by atoms with Crippen LogP contribution in [0.4, 0.5) is 5.69 Å². The zero-order valence-corrected chi connectivity index (χ0v) is 16.6. The van der Waals surface area contributed by atoms with Crippen LogP contribution >= 0.6 is 0 Å². The summed E-state index contributed by atoms with van der Waals surface area (Å²) in [5.41, 5.74) is 3.06. The van der Waals surface area contributed by atoms with Crippen molar-refractivity contribution in [1.29, 1.82) is 0 Å². The van der Waals surface area contributed by atoms with E-state index < -0.39 is 10.0 Å². The molecule has 4 aromatic rings. The van der Waals surface area contributed by atoms with Gasteiger partial charge in [-0.2, -0.15) is 0 Å². The van der Waals surface area contributed by atoms with Gasteiger partial charge in [-0.05, 0) is 58.8 Å². The Morgan fingerprint density at radius 2 is 1.72 bits per heavy atom. The van der Waals surface area contributed by atoms with E-state index in [0.29, 0.717) is 11.4 Å². The second-order valence-corrected chi connectivity index (χ2v) is 8.45. The molecule has 0 N–H and O–H groups in total. The topological polar surface area (TPSA) is 81.0 Å². The van der Waals surface area contributed by atoms with Gasteiger partial charge in [0.15, 0.2) is 0 Å². The molecule has 0 spiro atoms. The Kier molecular flexibility index (Phi) is 5.09. The first-order chi connectivity index (χ1) is 14.0. The van der Waals surface area contributed by atoms with Crippen LogP contribution in [0.1, 0.15) is 11.1 Å². The lowest BCUT2D eigenvalue weighted by Gasteiger charge is -2.25. The van der Waals surface area contributed by atoms with Crippen molar-refractivity contribution in [3.05, 3.63) is 96.3 Å². The van der Waals surface area contributed by atoms with Gasteiger partial charge in [-0.25, -0.2) is 13.1 Å². The molecule has 0 bridgehead atoms. The molecule has 8 heteroatoms. The van der Waals surface area contributed by atoms with Crippen LogP contribution in [-0.2, 0) is 16.6 Å². The van der Waals surface area contributed by atoms with E-state index in [0.717, 1.165) is 11.1 Å². The van der Waals surface area contributed by atoms with Crippen molar-refractivity contribution in [2.45, 2.75) is 18.4 Å². The van der Waals surface area contributed by atoms with Crippen LogP contribution in [0.25, 0.3) is 5.69 Å². The lowest BCUT2D eigenvalue weighted by Crippen LogP contribution is -2.30. The Balaban J connectivity index is 1.80. The number of benzene rings is 3. The largest absolute Gasteiger partial charge is 0.264 e. The van der Waals surface area contributed by atoms with Gasteiger partial charge >= 0.3 is 0 Å². The van der Waals surface area contributed by atoms with Crippen LogP contribution in [-0.4, -0.2) is 28.6 Å². The SMILES string of the molecule is Cc1cccc(N(Cc2ccccc2)S(=O)(=O)c2cccc(-n3cnnn3)c2)c1. The summed E-state index contributed by atoms with van der Waals surface area (Å²) in [6.45, 7) is 2.16. The highest BCUT2D eigenvalue weighted by Gasteiger charge is 2.26. The lowest BCUT2D eigenvalue weighted by molar-refractivity contribution is 0.590. The van der Waals surface area contributed by atoms with E-state index in [4.69, 9.17) is 0 Å². The molecular formula is C21H19N5O2S. The predicted octanol–water partition coefficient (Wildman–Crippen LogP) is 3.37. The maximum Gasteiger partial charge on any atom is 0.264 e. The molecule has 0 saturated heterocycles. The van der Waals surface area contributed by atoms with Gasteiger partial charge in [-0.15, -0.1) is 5.10 Å². The van der Waals surface area contributed by atoms with E-state index in [2.05, 4.69) is 15.5 Å². The minimum Gasteiger partial charge on any atom is -0.262 e. The van der Waals surface area contributed by atoms with Crippen LogP contribution in [0.15, 0.2) is 90.1 Å². The molecule has 0 radical (unpaired) electrons. The summed E-state index contributed by atoms with van der Waals surface area (Å²) in [6.07, 6.45) is 1.42. The maximum absolute atomic E-state index is 13.6. The molecule has 0 aliphatic heterocycles. The quantitative estimate of drug-likeness (QED) is 0.491. The number of tetrazole rings is 1. The van der Waals surface area contributed by atoms with Crippen LogP contribution in [0.5, 0.6) is 0 Å². The van der Waals surface area contributed by atoms with E-state index in [1.165, 1.54) is 15.3 Å². The van der Waals surface area contributed by atoms with Gasteiger partial charge in [0.25, 0.3) is 10.0 Å². The fourth-order valence-electron chi connectivity index (χ4n) is 3.04. The molecule has 0 unspecified atom stereocenters. The molecule has 4 rings (SSSR count). The monoisotopic (exact) mass is 405 g/mol. The molecule has 0 aliphatic carbocycles. The van der Waals surface area contributed by atoms with Gasteiger partial charge in [0, 0.05) is 0 Å². The van der Waals surface area contributed by atoms with Crippen molar-refractivity contribution in [2.24, 2.45) is 0 Å². The van der Waals surface area contributed by atoms with Gasteiger partial charge in [0.05, 0.1) is 22.8 Å². The Hall–Kier alpha value is -3.52. The van der Waals surface area contributed by atoms with E-state index >= 15 is 0 Å². The number of nitrogens with zero attached hydrogens (tertiary/aromatic N) is 5. The smallest absolute Gasteiger partial charge is 0.262 e. The summed E-state index contributed by atoms with van der Waals surface area (Å²) in [4.78, 5) is 0.169. The maximum atomic E-state index is 13.6. The van der Waals surface area contributed by atoms with Crippen molar-refractivity contribution in [2.75, 3.05) is 4.31 Å². The van der Waals surface area contributed by atoms with Gasteiger partial charge in [0.2, 0.25) is 0 Å². The number of hydrogen-bond acceptors (Lipinski definition) is 5. The number of sulfonamides is 1. The molecule has 0 fully saturated rings. The third-order valence-corrected chi connectivity index (χ3v) is 6.25. The van der Waals surface area contributed by atoms with E-state index in [1.807, 2.05) is 55.5 Å². The molecular weight excluding hydrogens is 386 g/mol. The Morgan fingerprint density at radius 3 is 2.45 bits per heavy atom. The fourth-order valence-corrected chi connectivity index (χ4v) is 4.53. The van der Waals surface area contributed by atoms with Crippen molar-refractivity contribution in [3.8, 4) is 5.69 Å². The second kappa shape index (κ2) is 7.84. The second-order valence-electron chi connectivity index (χ2n) is 6.59. The molecule has 0 aliphatic rings. The summed E-state index contributed by atoms with van der Waals surface area (Å²) < 4.78 is 30.1. The minimum atomic E-state index is -3.83. The van der Waals surface area contributed by atoms with Crippen molar-refractivity contribution < 1.29 is 8.42 Å². The Bertz CT molecular complexity index is 1210. The molecule has 29 heavy (non-hydrogen) atoms. The highest BCUT2D eigenvalue weighted by molar-refractivity contribution is 7.92. The molecule has 146 valence electrons. The highest BCUT2D eigenvalue weighted by Crippen LogP contribution is 2.27. The standard InChI is InChI=1S/C21H19N5O2S/c1-17-7-5-11-20(13-17)26(15-18-8-3-2-4-9-18)29(27,28)21-12-6-10-19(14-21)25-16-22-23-24-25/h2-14,16H,15H2,1H3. The summed E-state index contributed by atoms with van der Waals surface area (Å²) in [5, 5.41) is 11.1. The van der Waals surface area contributed by atoms with Crippen LogP contribution in [0.3, 0.4) is 0 Å². The summed E-state index contributed by atoms with van der Waals surface area (Å²) in [5.74, 6) is 0. The average molecular weight is 405 g/mol. The molecule has 0 atom stereocenters. The van der Waals surface area contributed by atoms with E-state index in [-0.39, 0.29) is 11.4 Å². The fraction of sp³-hybridized carbons (Fsp3) is 0.0952. The zero-order chi connectivity index (χ0) is 20.3. The van der Waals surface area contributed by atoms with E-state index in [9.17, 15) is 8.42 Å². The van der Waals surface area contributed by atoms with Crippen molar-refractivity contribution in [3.63, 3.8) is 0 Å². The van der Waals surface area contributed by atoms with Gasteiger partial charge in [-0.3, -0.25) is 4.31 Å². The summed E-state index contributed by atoms with van der Waals surface area (Å²) in [7, 11) is -3.83. The molecule has 0 saturated carbocycles. The van der Waals surface area contributed by atoms with Crippen LogP contribution in [0.2, 0.25) is 0 Å². The average Bonchev–Trinajstić information content (AvgIpc) is 3.28. The summed E-state index contributed by atoms with van der Waals surface area (Å²) in [6, 6.07) is 23.6. The Labute approximate surface area is 169 Å². The number of aryl methyl sites for hydroxylation is 1. The van der Waals surface area contributed by atoms with Gasteiger partial charge in [-0.1, -0.05) is 48.5 Å². The molecule has 1 heterocycles. The zero-order valence-electron chi connectivity index (χ0n) is 15.8. The predicted molar refractivity (Wildman–Crippen MR) is 110 cm³/mol. The first kappa shape index (κ1) is 18.8. The molecule has 3 aromatic carbocycles. The van der Waals surface area contributed by atoms with Gasteiger partial charge < -0.3 is 0 Å². The van der Waals surface area contributed by atoms with Crippen LogP contribution in [0, 0.1) is 6.92 Å². The number of rotatable bonds is 6. The number of aromatic nitrogens is 4. The van der Waals surface area contributed by atoms with Gasteiger partial charge in [0.1, 0.15) is 6.33 Å². The molecule has 0 amide bonds. The van der Waals surface area contributed by atoms with E-state index in [1.54, 1.807) is 30.3 Å². The van der Waals surface area contributed by atoms with Crippen molar-refractivity contribution in [1.82, 2.24) is 20.2 Å². The van der Waals surface area contributed by atoms with Crippen LogP contribution < -0.4 is 4.31 Å². The molecule has 1 aromatic heterocycles. The first-order valence-corrected chi connectivity index (χ1v) is 10.4. The van der Waals surface area contributed by atoms with Crippen molar-refractivity contribution >= 4 is 15.7 Å².